The predicted octanol–water partition coefficient (Wildman–Crippen LogP) is 6.17. The van der Waals surface area contributed by atoms with Gasteiger partial charge in [-0.2, -0.15) is 8.78 Å². The molecule has 10 heteroatoms. The zero-order valence-corrected chi connectivity index (χ0v) is 23.0. The summed E-state index contributed by atoms with van der Waals surface area (Å²) in [5, 5.41) is 13.7. The fraction of sp³-hybridized carbons (Fsp3) is 0.500. The highest BCUT2D eigenvalue weighted by Crippen LogP contribution is 2.42. The number of hydrogen-bond acceptors (Lipinski definition) is 7. The third-order valence-electron chi connectivity index (χ3n) is 6.40. The van der Waals surface area contributed by atoms with Crippen molar-refractivity contribution in [3.8, 4) is 11.5 Å². The Kier molecular flexibility index (Phi) is 8.78. The summed E-state index contributed by atoms with van der Waals surface area (Å²) in [6.07, 6.45) is -0.248. The molecule has 0 aliphatic carbocycles. The molecular formula is C28H36F3N3O4. The number of halogens is 3. The Morgan fingerprint density at radius 2 is 1.74 bits per heavy atom. The van der Waals surface area contributed by atoms with Crippen LogP contribution < -0.4 is 14.8 Å². The van der Waals surface area contributed by atoms with Crippen LogP contribution in [0, 0.1) is 18.7 Å². The number of aryl methyl sites for hydroxylation is 1. The minimum Gasteiger partial charge on any atom is -0.493 e. The van der Waals surface area contributed by atoms with Crippen molar-refractivity contribution in [3.63, 3.8) is 0 Å². The number of nitrogens with one attached hydrogen (secondary N) is 1. The van der Waals surface area contributed by atoms with E-state index in [4.69, 9.17) is 14.2 Å². The number of fused-ring (bicyclic) bond motifs is 1. The number of nitrogens with zero attached hydrogens (tertiary/aromatic N) is 2. The molecule has 0 bridgehead atoms. The van der Waals surface area contributed by atoms with Gasteiger partial charge in [0, 0.05) is 24.1 Å². The van der Waals surface area contributed by atoms with E-state index < -0.39 is 28.9 Å². The molecule has 3 aromatic rings. The van der Waals surface area contributed by atoms with Gasteiger partial charge in [0.25, 0.3) is 0 Å². The highest BCUT2D eigenvalue weighted by molar-refractivity contribution is 5.92. The van der Waals surface area contributed by atoms with Crippen molar-refractivity contribution in [3.05, 3.63) is 53.1 Å². The molecule has 38 heavy (non-hydrogen) atoms. The van der Waals surface area contributed by atoms with Gasteiger partial charge >= 0.3 is 5.92 Å². The number of anilines is 1. The van der Waals surface area contributed by atoms with Gasteiger partial charge in [0.1, 0.15) is 29.2 Å². The minimum atomic E-state index is -3.80. The van der Waals surface area contributed by atoms with Gasteiger partial charge in [-0.15, -0.1) is 0 Å². The number of benzene rings is 2. The molecule has 3 rings (SSSR count). The highest BCUT2D eigenvalue weighted by Gasteiger charge is 2.49. The Morgan fingerprint density at radius 1 is 1.05 bits per heavy atom. The standard InChI is InChI=1S/C28H36F3N3O4/c1-15(2)24(14-36-7)38-23-12-19-21(13-22(23)37-8)33-17(4)34-26(19)32-16(3)18-10-9-11-20(25(18)29)28(30,31)27(5,6)35/h9-13,15-16,24,35H,14H2,1-8H3,(H,32,33,34)/t16-,24?/m1/s1. The molecule has 2 N–H and O–H groups in total. The largest absolute Gasteiger partial charge is 0.493 e. The molecule has 1 unspecified atom stereocenters. The van der Waals surface area contributed by atoms with E-state index >= 15 is 4.39 Å². The Balaban J connectivity index is 2.06. The number of aromatic nitrogens is 2. The molecule has 0 radical (unpaired) electrons. The smallest absolute Gasteiger partial charge is 0.303 e. The van der Waals surface area contributed by atoms with Crippen LogP contribution in [0.25, 0.3) is 10.9 Å². The normalized spacial score (nSPS) is 14.0. The van der Waals surface area contributed by atoms with Gasteiger partial charge in [-0.25, -0.2) is 14.4 Å². The lowest BCUT2D eigenvalue weighted by atomic mass is 9.91. The van der Waals surface area contributed by atoms with Gasteiger partial charge in [0.05, 0.1) is 30.8 Å². The summed E-state index contributed by atoms with van der Waals surface area (Å²) >= 11 is 0. The minimum absolute atomic E-state index is 0.000733. The quantitative estimate of drug-likeness (QED) is 0.304. The summed E-state index contributed by atoms with van der Waals surface area (Å²) in [4.78, 5) is 9.00. The predicted molar refractivity (Wildman–Crippen MR) is 141 cm³/mol. The second-order valence-corrected chi connectivity index (χ2v) is 10.2. The van der Waals surface area contributed by atoms with Crippen molar-refractivity contribution in [2.75, 3.05) is 26.1 Å². The summed E-state index contributed by atoms with van der Waals surface area (Å²) < 4.78 is 62.1. The van der Waals surface area contributed by atoms with Crippen LogP contribution in [0.15, 0.2) is 30.3 Å². The third-order valence-corrected chi connectivity index (χ3v) is 6.40. The summed E-state index contributed by atoms with van der Waals surface area (Å²) in [5.41, 5.74) is -2.76. The molecule has 1 aromatic heterocycles. The highest BCUT2D eigenvalue weighted by atomic mass is 19.3. The first kappa shape index (κ1) is 29.4. The Bertz CT molecular complexity index is 1280. The molecular weight excluding hydrogens is 499 g/mol. The zero-order valence-electron chi connectivity index (χ0n) is 23.0. The van der Waals surface area contributed by atoms with Crippen LogP contribution in [0.4, 0.5) is 19.0 Å². The van der Waals surface area contributed by atoms with Crippen molar-refractivity contribution < 1.29 is 32.5 Å². The lowest BCUT2D eigenvalue weighted by Crippen LogP contribution is -2.41. The number of aliphatic hydroxyl groups is 1. The number of methoxy groups -OCH3 is 2. The molecule has 2 atom stereocenters. The molecule has 208 valence electrons. The summed E-state index contributed by atoms with van der Waals surface area (Å²) in [6.45, 7) is 9.65. The van der Waals surface area contributed by atoms with E-state index in [1.165, 1.54) is 19.2 Å². The van der Waals surface area contributed by atoms with Crippen LogP contribution in [-0.2, 0) is 10.7 Å². The van der Waals surface area contributed by atoms with Crippen LogP contribution in [0.5, 0.6) is 11.5 Å². The monoisotopic (exact) mass is 535 g/mol. The topological polar surface area (TPSA) is 85.7 Å². The van der Waals surface area contributed by atoms with Crippen LogP contribution >= 0.6 is 0 Å². The summed E-state index contributed by atoms with van der Waals surface area (Å²) in [6, 6.07) is 6.45. The van der Waals surface area contributed by atoms with Crippen LogP contribution in [-0.4, -0.2) is 47.6 Å². The van der Waals surface area contributed by atoms with E-state index in [-0.39, 0.29) is 17.6 Å². The van der Waals surface area contributed by atoms with E-state index in [2.05, 4.69) is 15.3 Å². The van der Waals surface area contributed by atoms with Crippen LogP contribution in [0.2, 0.25) is 0 Å². The first-order chi connectivity index (χ1) is 17.7. The number of hydrogen-bond donors (Lipinski definition) is 2. The molecule has 2 aromatic carbocycles. The maximum atomic E-state index is 15.4. The van der Waals surface area contributed by atoms with Gasteiger partial charge < -0.3 is 24.6 Å². The SMILES string of the molecule is COCC(Oc1cc2c(N[C@H](C)c3cccc(C(F)(F)C(C)(C)O)c3F)nc(C)nc2cc1OC)C(C)C. The maximum absolute atomic E-state index is 15.4. The van der Waals surface area contributed by atoms with E-state index in [0.29, 0.717) is 40.7 Å². The van der Waals surface area contributed by atoms with Gasteiger partial charge in [0.15, 0.2) is 11.5 Å². The number of ether oxygens (including phenoxy) is 3. The van der Waals surface area contributed by atoms with Gasteiger partial charge in [-0.05, 0) is 45.7 Å². The van der Waals surface area contributed by atoms with Gasteiger partial charge in [0.2, 0.25) is 0 Å². The Labute approximate surface area is 221 Å². The molecule has 0 saturated heterocycles. The zero-order chi connectivity index (χ0) is 28.4. The first-order valence-corrected chi connectivity index (χ1v) is 12.4. The first-order valence-electron chi connectivity index (χ1n) is 12.4. The molecule has 0 fully saturated rings. The molecule has 0 aliphatic heterocycles. The molecule has 0 amide bonds. The second-order valence-electron chi connectivity index (χ2n) is 10.2. The summed E-state index contributed by atoms with van der Waals surface area (Å²) in [5.74, 6) is -2.99. The molecule has 1 heterocycles. The van der Waals surface area contributed by atoms with E-state index in [1.807, 2.05) is 13.8 Å². The number of alkyl halides is 2. The Morgan fingerprint density at radius 3 is 2.32 bits per heavy atom. The van der Waals surface area contributed by atoms with Gasteiger partial charge in [-0.3, -0.25) is 0 Å². The van der Waals surface area contributed by atoms with E-state index in [9.17, 15) is 13.9 Å². The second kappa shape index (κ2) is 11.3. The van der Waals surface area contributed by atoms with Gasteiger partial charge in [-0.1, -0.05) is 26.0 Å². The van der Waals surface area contributed by atoms with E-state index in [0.717, 1.165) is 19.9 Å². The maximum Gasteiger partial charge on any atom is 0.303 e. The van der Waals surface area contributed by atoms with Crippen molar-refractivity contribution in [1.82, 2.24) is 9.97 Å². The Hall–Kier alpha value is -3.11. The summed E-state index contributed by atoms with van der Waals surface area (Å²) in [7, 11) is 3.13. The van der Waals surface area contributed by atoms with E-state index in [1.54, 1.807) is 33.1 Å². The molecule has 0 aliphatic rings. The average molecular weight is 536 g/mol. The molecule has 0 saturated carbocycles. The fourth-order valence-corrected chi connectivity index (χ4v) is 4.04. The lowest BCUT2D eigenvalue weighted by Gasteiger charge is -2.30. The number of rotatable bonds is 11. The van der Waals surface area contributed by atoms with Crippen molar-refractivity contribution >= 4 is 16.7 Å². The lowest BCUT2D eigenvalue weighted by molar-refractivity contribution is -0.170. The van der Waals surface area contributed by atoms with Crippen molar-refractivity contribution in [1.29, 1.82) is 0 Å². The third kappa shape index (κ3) is 5.96. The van der Waals surface area contributed by atoms with Crippen LogP contribution in [0.3, 0.4) is 0 Å². The molecule has 7 nitrogen and oxygen atoms in total. The van der Waals surface area contributed by atoms with Crippen molar-refractivity contribution in [2.24, 2.45) is 5.92 Å². The average Bonchev–Trinajstić information content (AvgIpc) is 2.82. The fourth-order valence-electron chi connectivity index (χ4n) is 4.04. The molecule has 0 spiro atoms. The van der Waals surface area contributed by atoms with Crippen molar-refractivity contribution in [2.45, 2.75) is 65.2 Å². The van der Waals surface area contributed by atoms with Crippen LogP contribution in [0.1, 0.15) is 57.6 Å².